The number of carbonyl (C=O) groups excluding carboxylic acids is 1. The molecule has 0 unspecified atom stereocenters. The van der Waals surface area contributed by atoms with Gasteiger partial charge in [-0.1, -0.05) is 12.1 Å². The number of hydrogen-bond donors (Lipinski definition) is 1. The molecule has 1 N–H and O–H groups in total. The summed E-state index contributed by atoms with van der Waals surface area (Å²) in [6, 6.07) is 13.6. The number of methoxy groups -OCH3 is 1. The molecule has 0 fully saturated rings. The molecule has 3 aromatic rings. The molecule has 0 aliphatic heterocycles. The molecule has 0 radical (unpaired) electrons. The summed E-state index contributed by atoms with van der Waals surface area (Å²) in [4.78, 5) is 14.8. The summed E-state index contributed by atoms with van der Waals surface area (Å²) in [5.74, 6) is 0.471. The van der Waals surface area contributed by atoms with Crippen molar-refractivity contribution in [2.45, 2.75) is 6.92 Å². The molecule has 1 heterocycles. The van der Waals surface area contributed by atoms with Crippen molar-refractivity contribution in [3.8, 4) is 5.75 Å². The number of ether oxygens (including phenoxy) is 1. The van der Waals surface area contributed by atoms with Gasteiger partial charge in [-0.3, -0.25) is 4.79 Å². The molecule has 140 valence electrons. The van der Waals surface area contributed by atoms with E-state index in [1.54, 1.807) is 13.3 Å². The zero-order chi connectivity index (χ0) is 19.6. The van der Waals surface area contributed by atoms with E-state index in [0.29, 0.717) is 11.3 Å². The second kappa shape index (κ2) is 7.53. The van der Waals surface area contributed by atoms with Gasteiger partial charge in [0.25, 0.3) is 5.91 Å². The summed E-state index contributed by atoms with van der Waals surface area (Å²) in [6.45, 7) is 1.92. The highest BCUT2D eigenvalue weighted by Crippen LogP contribution is 2.28. The Morgan fingerprint density at radius 2 is 1.89 bits per heavy atom. The summed E-state index contributed by atoms with van der Waals surface area (Å²) >= 11 is 0. The minimum absolute atomic E-state index is 0.243. The van der Waals surface area contributed by atoms with E-state index in [0.717, 1.165) is 27.8 Å². The van der Waals surface area contributed by atoms with Crippen molar-refractivity contribution in [3.05, 3.63) is 59.3 Å². The van der Waals surface area contributed by atoms with Crippen molar-refractivity contribution < 1.29 is 9.53 Å². The van der Waals surface area contributed by atoms with Crippen LogP contribution in [0.2, 0.25) is 0 Å². The lowest BCUT2D eigenvalue weighted by Crippen LogP contribution is -2.18. The largest absolute Gasteiger partial charge is 0.497 e. The minimum Gasteiger partial charge on any atom is -0.497 e. The number of amides is 1. The molecule has 2 aromatic carbocycles. The van der Waals surface area contributed by atoms with E-state index in [1.165, 1.54) is 0 Å². The van der Waals surface area contributed by atoms with Crippen LogP contribution in [0.1, 0.15) is 21.6 Å². The van der Waals surface area contributed by atoms with Gasteiger partial charge in [-0.05, 0) is 42.8 Å². The number of nitrogens with one attached hydrogen (secondary N) is 1. The first kappa shape index (κ1) is 18.5. The van der Waals surface area contributed by atoms with Crippen LogP contribution in [-0.4, -0.2) is 37.9 Å². The van der Waals surface area contributed by atoms with Crippen LogP contribution >= 0.6 is 0 Å². The van der Waals surface area contributed by atoms with Gasteiger partial charge in [-0.15, -0.1) is 0 Å². The lowest BCUT2D eigenvalue weighted by molar-refractivity contribution is 0.0956. The molecule has 6 nitrogen and oxygen atoms in total. The highest BCUT2D eigenvalue weighted by Gasteiger charge is 2.18. The average Bonchev–Trinajstić information content (AvgIpc) is 2.92. The quantitative estimate of drug-likeness (QED) is 0.558. The summed E-state index contributed by atoms with van der Waals surface area (Å²) in [5.41, 5.74) is 7.11. The maximum absolute atomic E-state index is 12.7. The molecule has 3 rings (SSSR count). The molecule has 0 saturated carbocycles. The number of rotatable bonds is 5. The van der Waals surface area contributed by atoms with E-state index in [9.17, 15) is 4.79 Å². The molecular formula is C21H24N4O2. The number of aryl methyl sites for hydroxylation is 1. The first-order chi connectivity index (χ1) is 12.9. The van der Waals surface area contributed by atoms with E-state index in [2.05, 4.69) is 10.5 Å². The molecule has 6 heteroatoms. The van der Waals surface area contributed by atoms with Crippen LogP contribution in [-0.2, 0) is 7.05 Å². The minimum atomic E-state index is -0.243. The Morgan fingerprint density at radius 1 is 1.19 bits per heavy atom. The summed E-state index contributed by atoms with van der Waals surface area (Å²) < 4.78 is 7.29. The predicted molar refractivity (Wildman–Crippen MR) is 110 cm³/mol. The second-order valence-corrected chi connectivity index (χ2v) is 6.59. The Bertz CT molecular complexity index is 1000. The zero-order valence-corrected chi connectivity index (χ0v) is 16.3. The highest BCUT2D eigenvalue weighted by molar-refractivity contribution is 6.08. The molecule has 0 spiro atoms. The lowest BCUT2D eigenvalue weighted by Gasteiger charge is -2.11. The Morgan fingerprint density at radius 3 is 2.52 bits per heavy atom. The van der Waals surface area contributed by atoms with Crippen molar-refractivity contribution in [2.24, 2.45) is 12.1 Å². The van der Waals surface area contributed by atoms with Gasteiger partial charge in [-0.25, -0.2) is 5.43 Å². The van der Waals surface area contributed by atoms with Gasteiger partial charge in [0.2, 0.25) is 0 Å². The Kier molecular flexibility index (Phi) is 5.16. The molecular weight excluding hydrogens is 340 g/mol. The van der Waals surface area contributed by atoms with Crippen LogP contribution in [0.25, 0.3) is 10.9 Å². The molecule has 0 saturated heterocycles. The van der Waals surface area contributed by atoms with Gasteiger partial charge >= 0.3 is 0 Å². The Balaban J connectivity index is 1.82. The first-order valence-electron chi connectivity index (χ1n) is 8.66. The molecule has 27 heavy (non-hydrogen) atoms. The standard InChI is InChI=1S/C21H24N4O2/c1-14-20(18-12-17(27-5)10-11-19(18)25(14)4)21(26)23-22-13-15-6-8-16(9-7-15)24(2)3/h6-13H,1-5H3,(H,23,26). The van der Waals surface area contributed by atoms with Gasteiger partial charge in [0.1, 0.15) is 5.75 Å². The van der Waals surface area contributed by atoms with Gasteiger partial charge in [0.05, 0.1) is 18.9 Å². The number of hydrazone groups is 1. The maximum Gasteiger partial charge on any atom is 0.273 e. The smallest absolute Gasteiger partial charge is 0.273 e. The van der Waals surface area contributed by atoms with Crippen LogP contribution in [0.3, 0.4) is 0 Å². The number of carbonyl (C=O) groups is 1. The van der Waals surface area contributed by atoms with Gasteiger partial charge < -0.3 is 14.2 Å². The monoisotopic (exact) mass is 364 g/mol. The third-order valence-corrected chi connectivity index (χ3v) is 4.72. The van der Waals surface area contributed by atoms with Crippen molar-refractivity contribution in [3.63, 3.8) is 0 Å². The number of anilines is 1. The van der Waals surface area contributed by atoms with Gasteiger partial charge in [0, 0.05) is 43.4 Å². The van der Waals surface area contributed by atoms with Crippen LogP contribution in [0.5, 0.6) is 5.75 Å². The molecule has 0 aliphatic carbocycles. The zero-order valence-electron chi connectivity index (χ0n) is 16.3. The first-order valence-corrected chi connectivity index (χ1v) is 8.66. The van der Waals surface area contributed by atoms with Crippen LogP contribution in [0, 0.1) is 6.92 Å². The number of nitrogens with zero attached hydrogens (tertiary/aromatic N) is 3. The van der Waals surface area contributed by atoms with Crippen molar-refractivity contribution in [1.29, 1.82) is 0 Å². The molecule has 0 atom stereocenters. The summed E-state index contributed by atoms with van der Waals surface area (Å²) in [6.07, 6.45) is 1.64. The van der Waals surface area contributed by atoms with Gasteiger partial charge in [-0.2, -0.15) is 5.10 Å². The second-order valence-electron chi connectivity index (χ2n) is 6.59. The fraction of sp³-hybridized carbons (Fsp3) is 0.238. The SMILES string of the molecule is COc1ccc2c(c1)c(C(=O)NN=Cc1ccc(N(C)C)cc1)c(C)n2C. The number of fused-ring (bicyclic) bond motifs is 1. The van der Waals surface area contributed by atoms with Crippen molar-refractivity contribution in [2.75, 3.05) is 26.1 Å². The molecule has 1 aromatic heterocycles. The molecule has 1 amide bonds. The van der Waals surface area contributed by atoms with E-state index in [4.69, 9.17) is 4.74 Å². The predicted octanol–water partition coefficient (Wildman–Crippen LogP) is 3.33. The van der Waals surface area contributed by atoms with Crippen LogP contribution in [0.15, 0.2) is 47.6 Å². The number of hydrogen-bond acceptors (Lipinski definition) is 4. The number of aromatic nitrogens is 1. The Labute approximate surface area is 159 Å². The van der Waals surface area contributed by atoms with Crippen LogP contribution in [0.4, 0.5) is 5.69 Å². The topological polar surface area (TPSA) is 58.9 Å². The van der Waals surface area contributed by atoms with E-state index >= 15 is 0 Å². The fourth-order valence-electron chi connectivity index (χ4n) is 3.04. The molecule has 0 aliphatic rings. The fourth-order valence-corrected chi connectivity index (χ4v) is 3.04. The van der Waals surface area contributed by atoms with Gasteiger partial charge in [0.15, 0.2) is 0 Å². The summed E-state index contributed by atoms with van der Waals surface area (Å²) in [7, 11) is 7.54. The van der Waals surface area contributed by atoms with Crippen LogP contribution < -0.4 is 15.1 Å². The van der Waals surface area contributed by atoms with Crippen molar-refractivity contribution >= 4 is 28.7 Å². The Hall–Kier alpha value is -3.28. The number of benzene rings is 2. The lowest BCUT2D eigenvalue weighted by atomic mass is 10.1. The summed E-state index contributed by atoms with van der Waals surface area (Å²) in [5, 5.41) is 4.96. The van der Waals surface area contributed by atoms with E-state index in [-0.39, 0.29) is 5.91 Å². The van der Waals surface area contributed by atoms with Crippen molar-refractivity contribution in [1.82, 2.24) is 9.99 Å². The van der Waals surface area contributed by atoms with E-state index < -0.39 is 0 Å². The van der Waals surface area contributed by atoms with E-state index in [1.807, 2.05) is 80.0 Å². The molecule has 0 bridgehead atoms. The third-order valence-electron chi connectivity index (χ3n) is 4.72. The normalized spacial score (nSPS) is 11.1. The average molecular weight is 364 g/mol. The third kappa shape index (κ3) is 3.65. The highest BCUT2D eigenvalue weighted by atomic mass is 16.5. The maximum atomic E-state index is 12.7.